The molecule has 3 rings (SSSR count). The number of hydrogen-bond donors (Lipinski definition) is 1. The van der Waals surface area contributed by atoms with Crippen LogP contribution in [0.2, 0.25) is 0 Å². The molecule has 0 aromatic heterocycles. The highest BCUT2D eigenvalue weighted by Crippen LogP contribution is 2.35. The van der Waals surface area contributed by atoms with Crippen molar-refractivity contribution in [2.45, 2.75) is 69.7 Å². The van der Waals surface area contributed by atoms with Crippen LogP contribution in [0.5, 0.6) is 5.75 Å². The van der Waals surface area contributed by atoms with Gasteiger partial charge in [-0.05, 0) is 62.9 Å². The van der Waals surface area contributed by atoms with Crippen LogP contribution < -0.4 is 10.1 Å². The van der Waals surface area contributed by atoms with Crippen molar-refractivity contribution in [3.05, 3.63) is 29.8 Å². The number of benzene rings is 1. The number of aryl methyl sites for hydroxylation is 1. The Morgan fingerprint density at radius 2 is 1.69 bits per heavy atom. The minimum Gasteiger partial charge on any atom is -0.497 e. The Morgan fingerprint density at radius 1 is 1.04 bits per heavy atom. The number of methoxy groups -OCH3 is 1. The summed E-state index contributed by atoms with van der Waals surface area (Å²) in [6.07, 6.45) is 11.8. The zero-order valence-electron chi connectivity index (χ0n) is 16.3. The first-order valence-electron chi connectivity index (χ1n) is 10.4. The van der Waals surface area contributed by atoms with E-state index in [1.54, 1.807) is 7.11 Å². The van der Waals surface area contributed by atoms with E-state index in [0.717, 1.165) is 18.7 Å². The van der Waals surface area contributed by atoms with Gasteiger partial charge in [-0.15, -0.1) is 0 Å². The fourth-order valence-electron chi connectivity index (χ4n) is 4.58. The number of ether oxygens (including phenoxy) is 1. The molecule has 4 nitrogen and oxygen atoms in total. The Morgan fingerprint density at radius 3 is 2.35 bits per heavy atom. The third kappa shape index (κ3) is 5.00. The van der Waals surface area contributed by atoms with Gasteiger partial charge >= 0.3 is 0 Å². The molecule has 144 valence electrons. The SMILES string of the molecule is COc1ccc(CCC(=O)NCC2(N3CCCCC3)CCCCC2)cc1. The van der Waals surface area contributed by atoms with Gasteiger partial charge in [0.05, 0.1) is 7.11 Å². The maximum atomic E-state index is 12.5. The third-order valence-corrected chi connectivity index (χ3v) is 6.23. The lowest BCUT2D eigenvalue weighted by atomic mass is 9.79. The van der Waals surface area contributed by atoms with E-state index in [2.05, 4.69) is 10.2 Å². The summed E-state index contributed by atoms with van der Waals surface area (Å²) in [5.74, 6) is 1.04. The summed E-state index contributed by atoms with van der Waals surface area (Å²) in [6.45, 7) is 3.25. The van der Waals surface area contributed by atoms with Gasteiger partial charge in [0.2, 0.25) is 5.91 Å². The molecule has 1 aromatic carbocycles. The van der Waals surface area contributed by atoms with Crippen LogP contribution in [-0.4, -0.2) is 43.1 Å². The van der Waals surface area contributed by atoms with E-state index in [-0.39, 0.29) is 11.4 Å². The summed E-state index contributed by atoms with van der Waals surface area (Å²) in [5.41, 5.74) is 1.40. The molecule has 1 amide bonds. The molecule has 2 aliphatic rings. The number of nitrogens with zero attached hydrogens (tertiary/aromatic N) is 1. The summed E-state index contributed by atoms with van der Waals surface area (Å²) in [5, 5.41) is 3.28. The molecule has 4 heteroatoms. The van der Waals surface area contributed by atoms with Crippen molar-refractivity contribution in [1.29, 1.82) is 0 Å². The van der Waals surface area contributed by atoms with Crippen molar-refractivity contribution < 1.29 is 9.53 Å². The number of likely N-dealkylation sites (tertiary alicyclic amines) is 1. The van der Waals surface area contributed by atoms with Crippen LogP contribution >= 0.6 is 0 Å². The standard InChI is InChI=1S/C22H34N2O2/c1-26-20-11-8-19(9-12-20)10-13-21(25)23-18-22(14-4-2-5-15-22)24-16-6-3-7-17-24/h8-9,11-12H,2-7,10,13-18H2,1H3,(H,23,25). The first-order chi connectivity index (χ1) is 12.7. The van der Waals surface area contributed by atoms with E-state index < -0.39 is 0 Å². The van der Waals surface area contributed by atoms with Gasteiger partial charge in [-0.25, -0.2) is 0 Å². The van der Waals surface area contributed by atoms with Gasteiger partial charge in [0.25, 0.3) is 0 Å². The van der Waals surface area contributed by atoms with E-state index in [4.69, 9.17) is 4.74 Å². The van der Waals surface area contributed by atoms with Gasteiger partial charge in [0.15, 0.2) is 0 Å². The van der Waals surface area contributed by atoms with Gasteiger partial charge in [0.1, 0.15) is 5.75 Å². The fourth-order valence-corrected chi connectivity index (χ4v) is 4.58. The predicted molar refractivity (Wildman–Crippen MR) is 106 cm³/mol. The summed E-state index contributed by atoms with van der Waals surface area (Å²) in [4.78, 5) is 15.1. The summed E-state index contributed by atoms with van der Waals surface area (Å²) < 4.78 is 5.19. The van der Waals surface area contributed by atoms with Crippen LogP contribution in [0.25, 0.3) is 0 Å². The highest BCUT2D eigenvalue weighted by Gasteiger charge is 2.38. The number of rotatable bonds is 7. The number of amides is 1. The molecular weight excluding hydrogens is 324 g/mol. The lowest BCUT2D eigenvalue weighted by Crippen LogP contribution is -2.58. The van der Waals surface area contributed by atoms with Crippen molar-refractivity contribution in [2.75, 3.05) is 26.7 Å². The second-order valence-corrected chi connectivity index (χ2v) is 7.96. The van der Waals surface area contributed by atoms with E-state index in [9.17, 15) is 4.79 Å². The van der Waals surface area contributed by atoms with Crippen molar-refractivity contribution in [1.82, 2.24) is 10.2 Å². The molecule has 1 saturated carbocycles. The van der Waals surface area contributed by atoms with Crippen LogP contribution in [0, 0.1) is 0 Å². The van der Waals surface area contributed by atoms with Crippen LogP contribution in [0.15, 0.2) is 24.3 Å². The van der Waals surface area contributed by atoms with Crippen molar-refractivity contribution in [3.8, 4) is 5.75 Å². The van der Waals surface area contributed by atoms with E-state index in [1.165, 1.54) is 70.0 Å². The van der Waals surface area contributed by atoms with E-state index in [0.29, 0.717) is 6.42 Å². The molecule has 0 spiro atoms. The molecule has 26 heavy (non-hydrogen) atoms. The predicted octanol–water partition coefficient (Wildman–Crippen LogP) is 3.93. The maximum absolute atomic E-state index is 12.5. The fraction of sp³-hybridized carbons (Fsp3) is 0.682. The topological polar surface area (TPSA) is 41.6 Å². The van der Waals surface area contributed by atoms with Gasteiger partial charge in [-0.1, -0.05) is 37.8 Å². The monoisotopic (exact) mass is 358 g/mol. The third-order valence-electron chi connectivity index (χ3n) is 6.23. The number of carbonyl (C=O) groups excluding carboxylic acids is 1. The number of piperidine rings is 1. The minimum atomic E-state index is 0.183. The molecule has 0 atom stereocenters. The molecule has 1 aliphatic heterocycles. The van der Waals surface area contributed by atoms with Crippen LogP contribution in [0.1, 0.15) is 63.4 Å². The first-order valence-corrected chi connectivity index (χ1v) is 10.4. The van der Waals surface area contributed by atoms with Crippen LogP contribution in [0.3, 0.4) is 0 Å². The largest absolute Gasteiger partial charge is 0.497 e. The molecule has 1 N–H and O–H groups in total. The average Bonchev–Trinajstić information content (AvgIpc) is 2.72. The normalized spacial score (nSPS) is 20.5. The van der Waals surface area contributed by atoms with E-state index >= 15 is 0 Å². The van der Waals surface area contributed by atoms with Crippen LogP contribution in [0.4, 0.5) is 0 Å². The molecule has 1 aromatic rings. The van der Waals surface area contributed by atoms with Crippen molar-refractivity contribution in [2.24, 2.45) is 0 Å². The van der Waals surface area contributed by atoms with Crippen molar-refractivity contribution >= 4 is 5.91 Å². The van der Waals surface area contributed by atoms with Crippen molar-refractivity contribution in [3.63, 3.8) is 0 Å². The molecule has 1 aliphatic carbocycles. The second-order valence-electron chi connectivity index (χ2n) is 7.96. The first kappa shape index (κ1) is 19.2. The highest BCUT2D eigenvalue weighted by atomic mass is 16.5. The quantitative estimate of drug-likeness (QED) is 0.803. The average molecular weight is 359 g/mol. The Labute approximate surface area is 158 Å². The van der Waals surface area contributed by atoms with Gasteiger partial charge < -0.3 is 10.1 Å². The van der Waals surface area contributed by atoms with Gasteiger partial charge in [-0.3, -0.25) is 9.69 Å². The lowest BCUT2D eigenvalue weighted by molar-refractivity contribution is -0.122. The smallest absolute Gasteiger partial charge is 0.220 e. The number of nitrogens with one attached hydrogen (secondary N) is 1. The molecule has 1 saturated heterocycles. The summed E-state index contributed by atoms with van der Waals surface area (Å²) in [7, 11) is 1.67. The Bertz CT molecular complexity index is 558. The zero-order valence-corrected chi connectivity index (χ0v) is 16.3. The molecule has 0 radical (unpaired) electrons. The number of hydrogen-bond acceptors (Lipinski definition) is 3. The molecule has 2 fully saturated rings. The second kappa shape index (κ2) is 9.40. The Kier molecular flexibility index (Phi) is 6.95. The lowest BCUT2D eigenvalue weighted by Gasteiger charge is -2.48. The highest BCUT2D eigenvalue weighted by molar-refractivity contribution is 5.76. The Hall–Kier alpha value is -1.55. The Balaban J connectivity index is 1.50. The van der Waals surface area contributed by atoms with Gasteiger partial charge in [-0.2, -0.15) is 0 Å². The summed E-state index contributed by atoms with van der Waals surface area (Å²) >= 11 is 0. The van der Waals surface area contributed by atoms with Crippen LogP contribution in [-0.2, 0) is 11.2 Å². The van der Waals surface area contributed by atoms with E-state index in [1.807, 2.05) is 24.3 Å². The van der Waals surface area contributed by atoms with Gasteiger partial charge in [0, 0.05) is 18.5 Å². The molecule has 1 heterocycles. The molecule has 0 unspecified atom stereocenters. The number of carbonyl (C=O) groups is 1. The minimum absolute atomic E-state index is 0.183. The maximum Gasteiger partial charge on any atom is 0.220 e. The summed E-state index contributed by atoms with van der Waals surface area (Å²) in [6, 6.07) is 8.01. The molecular formula is C22H34N2O2. The molecule has 0 bridgehead atoms. The zero-order chi connectivity index (χ0) is 18.2.